The Kier molecular flexibility index (Phi) is 2.77. The molecule has 0 saturated carbocycles. The van der Waals surface area contributed by atoms with E-state index in [2.05, 4.69) is 40.7 Å². The zero-order valence-corrected chi connectivity index (χ0v) is 11.5. The van der Waals surface area contributed by atoms with E-state index < -0.39 is 0 Å². The first kappa shape index (κ1) is 12.5. The van der Waals surface area contributed by atoms with Crippen molar-refractivity contribution >= 4 is 18.1 Å². The molecule has 1 aliphatic heterocycles. The van der Waals surface area contributed by atoms with Crippen LogP contribution in [-0.4, -0.2) is 12.5 Å². The van der Waals surface area contributed by atoms with Gasteiger partial charge in [0.2, 0.25) is 0 Å². The molecule has 1 aliphatic rings. The van der Waals surface area contributed by atoms with E-state index >= 15 is 0 Å². The van der Waals surface area contributed by atoms with Crippen molar-refractivity contribution in [3.63, 3.8) is 0 Å². The largest absolute Gasteiger partial charge is 0.426 e. The molecule has 2 N–H and O–H groups in total. The van der Waals surface area contributed by atoms with Crippen molar-refractivity contribution in [3.05, 3.63) is 23.8 Å². The number of nitrogens with two attached hydrogens (primary N) is 1. The van der Waals surface area contributed by atoms with E-state index in [9.17, 15) is 0 Å². The second kappa shape index (κ2) is 3.77. The van der Waals surface area contributed by atoms with Crippen LogP contribution in [0, 0.1) is 12.3 Å². The molecular formula is C14H22BNO. The minimum absolute atomic E-state index is 0.0886. The highest BCUT2D eigenvalue weighted by atomic mass is 16.5. The summed E-state index contributed by atoms with van der Waals surface area (Å²) in [7, 11) is 0. The van der Waals surface area contributed by atoms with Crippen LogP contribution in [0.4, 0.5) is 5.69 Å². The Morgan fingerprint density at radius 1 is 1.24 bits per heavy atom. The van der Waals surface area contributed by atoms with Crippen molar-refractivity contribution in [1.82, 2.24) is 0 Å². The molecule has 0 aromatic heterocycles. The van der Waals surface area contributed by atoms with Gasteiger partial charge in [-0.15, -0.1) is 0 Å². The topological polar surface area (TPSA) is 35.2 Å². The van der Waals surface area contributed by atoms with Crippen LogP contribution < -0.4 is 11.2 Å². The normalized spacial score (nSPS) is 21.8. The molecule has 2 rings (SSSR count). The lowest BCUT2D eigenvalue weighted by atomic mass is 9.53. The number of rotatable bonds is 1. The van der Waals surface area contributed by atoms with Crippen LogP contribution in [-0.2, 0) is 4.65 Å². The van der Waals surface area contributed by atoms with Crippen LogP contribution in [0.2, 0.25) is 6.32 Å². The minimum Gasteiger partial charge on any atom is -0.426 e. The molecule has 0 spiro atoms. The average Bonchev–Trinajstić information content (AvgIpc) is 2.40. The van der Waals surface area contributed by atoms with Crippen LogP contribution in [0.1, 0.15) is 33.3 Å². The Morgan fingerprint density at radius 3 is 2.41 bits per heavy atom. The van der Waals surface area contributed by atoms with E-state index in [1.54, 1.807) is 0 Å². The van der Waals surface area contributed by atoms with E-state index in [4.69, 9.17) is 10.4 Å². The number of hydrogen-bond donors (Lipinski definition) is 1. The number of anilines is 1. The summed E-state index contributed by atoms with van der Waals surface area (Å²) in [6.45, 7) is 11.1. The third-order valence-electron chi connectivity index (χ3n) is 4.53. The first-order chi connectivity index (χ1) is 7.74. The predicted octanol–water partition coefficient (Wildman–Crippen LogP) is 2.61. The Labute approximate surface area is 105 Å². The summed E-state index contributed by atoms with van der Waals surface area (Å²) in [6.07, 6.45) is 1.05. The maximum atomic E-state index is 6.23. The minimum atomic E-state index is -0.0886. The molecule has 1 heterocycles. The van der Waals surface area contributed by atoms with Crippen molar-refractivity contribution in [3.8, 4) is 0 Å². The lowest BCUT2D eigenvalue weighted by Gasteiger charge is -2.34. The number of benzene rings is 1. The molecule has 0 atom stereocenters. The fourth-order valence-electron chi connectivity index (χ4n) is 2.46. The Morgan fingerprint density at radius 2 is 1.88 bits per heavy atom. The molecule has 92 valence electrons. The Bertz CT molecular complexity index is 424. The van der Waals surface area contributed by atoms with Gasteiger partial charge in [0.15, 0.2) is 0 Å². The smallest absolute Gasteiger partial charge is 0.328 e. The summed E-state index contributed by atoms with van der Waals surface area (Å²) in [5.41, 5.74) is 9.32. The summed E-state index contributed by atoms with van der Waals surface area (Å²) < 4.78 is 6.23. The van der Waals surface area contributed by atoms with E-state index in [0.717, 1.165) is 17.6 Å². The fraction of sp³-hybridized carbons (Fsp3) is 0.571. The summed E-state index contributed by atoms with van der Waals surface area (Å²) in [6, 6.07) is 6.09. The van der Waals surface area contributed by atoms with Crippen molar-refractivity contribution in [2.75, 3.05) is 5.73 Å². The maximum absolute atomic E-state index is 6.23. The van der Waals surface area contributed by atoms with Crippen molar-refractivity contribution < 1.29 is 4.65 Å². The average molecular weight is 231 g/mol. The van der Waals surface area contributed by atoms with Crippen LogP contribution in [0.3, 0.4) is 0 Å². The Hall–Kier alpha value is -0.955. The molecule has 1 aromatic carbocycles. The lowest BCUT2D eigenvalue weighted by molar-refractivity contribution is 0.0375. The van der Waals surface area contributed by atoms with Gasteiger partial charge in [0, 0.05) is 5.69 Å². The summed E-state index contributed by atoms with van der Waals surface area (Å²) in [5.74, 6) is 0. The number of nitrogen functional groups attached to an aromatic ring is 1. The van der Waals surface area contributed by atoms with E-state index in [1.165, 1.54) is 5.46 Å². The molecule has 1 fully saturated rings. The van der Waals surface area contributed by atoms with Gasteiger partial charge in [-0.1, -0.05) is 26.0 Å². The highest BCUT2D eigenvalue weighted by molar-refractivity contribution is 6.68. The molecule has 0 aliphatic carbocycles. The molecule has 2 nitrogen and oxygen atoms in total. The van der Waals surface area contributed by atoms with Gasteiger partial charge >= 0.3 is 6.92 Å². The zero-order valence-electron chi connectivity index (χ0n) is 11.5. The monoisotopic (exact) mass is 231 g/mol. The Balaban J connectivity index is 2.36. The summed E-state index contributed by atoms with van der Waals surface area (Å²) >= 11 is 0. The first-order valence-electron chi connectivity index (χ1n) is 6.27. The molecule has 0 amide bonds. The van der Waals surface area contributed by atoms with Crippen LogP contribution in [0.5, 0.6) is 0 Å². The standard InChI is InChI=1S/C14H22BNO/c1-10-11(7-6-8-12(10)16)15-9-13(2,3)14(4,5)17-15/h6-8H,9,16H2,1-5H3. The molecule has 0 unspecified atom stereocenters. The van der Waals surface area contributed by atoms with Gasteiger partial charge in [-0.25, -0.2) is 0 Å². The van der Waals surface area contributed by atoms with E-state index in [0.29, 0.717) is 0 Å². The highest BCUT2D eigenvalue weighted by Gasteiger charge is 2.50. The molecule has 17 heavy (non-hydrogen) atoms. The van der Waals surface area contributed by atoms with Crippen molar-refractivity contribution in [2.24, 2.45) is 5.41 Å². The second-order valence-electron chi connectivity index (χ2n) is 6.27. The maximum Gasteiger partial charge on any atom is 0.328 e. The molecule has 1 aromatic rings. The predicted molar refractivity (Wildman–Crippen MR) is 74.7 cm³/mol. The third-order valence-corrected chi connectivity index (χ3v) is 4.53. The van der Waals surface area contributed by atoms with Gasteiger partial charge in [-0.3, -0.25) is 0 Å². The third kappa shape index (κ3) is 1.97. The van der Waals surface area contributed by atoms with Gasteiger partial charge in [0.05, 0.1) is 5.60 Å². The SMILES string of the molecule is Cc1c(N)cccc1B1CC(C)(C)C(C)(C)O1. The fourth-order valence-corrected chi connectivity index (χ4v) is 2.46. The van der Waals surface area contributed by atoms with Crippen LogP contribution >= 0.6 is 0 Å². The molecule has 0 radical (unpaired) electrons. The van der Waals surface area contributed by atoms with Gasteiger partial charge < -0.3 is 10.4 Å². The van der Waals surface area contributed by atoms with Crippen LogP contribution in [0.15, 0.2) is 18.2 Å². The van der Waals surface area contributed by atoms with E-state index in [1.807, 2.05) is 12.1 Å². The molecule has 1 saturated heterocycles. The van der Waals surface area contributed by atoms with Gasteiger partial charge in [0.1, 0.15) is 0 Å². The van der Waals surface area contributed by atoms with Crippen molar-refractivity contribution in [1.29, 1.82) is 0 Å². The lowest BCUT2D eigenvalue weighted by Crippen LogP contribution is -2.36. The summed E-state index contributed by atoms with van der Waals surface area (Å²) in [4.78, 5) is 0. The quantitative estimate of drug-likeness (QED) is 0.595. The van der Waals surface area contributed by atoms with Gasteiger partial charge in [-0.2, -0.15) is 0 Å². The molecular weight excluding hydrogens is 209 g/mol. The van der Waals surface area contributed by atoms with Crippen LogP contribution in [0.25, 0.3) is 0 Å². The summed E-state index contributed by atoms with van der Waals surface area (Å²) in [5, 5.41) is 0. The second-order valence-corrected chi connectivity index (χ2v) is 6.27. The van der Waals surface area contributed by atoms with E-state index in [-0.39, 0.29) is 17.9 Å². The first-order valence-corrected chi connectivity index (χ1v) is 6.27. The molecule has 3 heteroatoms. The molecule has 0 bridgehead atoms. The van der Waals surface area contributed by atoms with Gasteiger partial charge in [-0.05, 0) is 49.6 Å². The number of hydrogen-bond acceptors (Lipinski definition) is 2. The zero-order chi connectivity index (χ0) is 12.8. The van der Waals surface area contributed by atoms with Gasteiger partial charge in [0.25, 0.3) is 0 Å². The van der Waals surface area contributed by atoms with Crippen molar-refractivity contribution in [2.45, 2.75) is 46.5 Å². The highest BCUT2D eigenvalue weighted by Crippen LogP contribution is 2.45.